The van der Waals surface area contributed by atoms with E-state index in [0.717, 1.165) is 51.4 Å². The molecule has 4 unspecified atom stereocenters. The molecule has 0 aliphatic rings. The van der Waals surface area contributed by atoms with Gasteiger partial charge < -0.3 is 25.7 Å². The normalized spacial score (nSPS) is 14.1. The summed E-state index contributed by atoms with van der Waals surface area (Å²) in [6, 6.07) is -1.01. The summed E-state index contributed by atoms with van der Waals surface area (Å²) >= 11 is 0. The van der Waals surface area contributed by atoms with Crippen LogP contribution in [0.1, 0.15) is 290 Å². The fraction of sp³-hybridized carbons (Fsp3) is 0.847. The average molecular weight is 915 g/mol. The second kappa shape index (κ2) is 53.2. The molecule has 0 aliphatic heterocycles. The van der Waals surface area contributed by atoms with Gasteiger partial charge in [-0.1, -0.05) is 249 Å². The van der Waals surface area contributed by atoms with Crippen molar-refractivity contribution >= 4 is 5.91 Å². The van der Waals surface area contributed by atoms with Crippen molar-refractivity contribution in [3.05, 3.63) is 48.6 Å². The minimum absolute atomic E-state index is 0.357. The maximum Gasteiger partial charge on any atom is 0.249 e. The Balaban J connectivity index is 3.70. The number of carbonyl (C=O) groups excluding carboxylic acids is 1. The van der Waals surface area contributed by atoms with Crippen LogP contribution in [0.4, 0.5) is 0 Å². The zero-order valence-electron chi connectivity index (χ0n) is 43.2. The molecule has 4 atom stereocenters. The van der Waals surface area contributed by atoms with Gasteiger partial charge >= 0.3 is 0 Å². The summed E-state index contributed by atoms with van der Waals surface area (Å²) in [6.07, 6.45) is 67.5. The lowest BCUT2D eigenvalue weighted by Crippen LogP contribution is -2.53. The van der Waals surface area contributed by atoms with E-state index in [4.69, 9.17) is 0 Å². The highest BCUT2D eigenvalue weighted by Crippen LogP contribution is 2.17. The molecule has 0 heterocycles. The molecule has 1 amide bonds. The van der Waals surface area contributed by atoms with Gasteiger partial charge in [0.2, 0.25) is 5.91 Å². The molecule has 0 aliphatic carbocycles. The Kier molecular flexibility index (Phi) is 51.8. The van der Waals surface area contributed by atoms with Crippen LogP contribution >= 0.6 is 0 Å². The third-order valence-electron chi connectivity index (χ3n) is 13.2. The summed E-state index contributed by atoms with van der Waals surface area (Å²) in [5.41, 5.74) is 0. The predicted octanol–water partition coefficient (Wildman–Crippen LogP) is 16.6. The molecular weight excluding hydrogens is 803 g/mol. The van der Waals surface area contributed by atoms with E-state index in [1.54, 1.807) is 0 Å². The molecule has 0 bridgehead atoms. The Hall–Kier alpha value is -1.73. The zero-order chi connectivity index (χ0) is 47.4. The second-order valence-corrected chi connectivity index (χ2v) is 19.6. The Morgan fingerprint density at radius 1 is 0.369 bits per heavy atom. The van der Waals surface area contributed by atoms with Crippen LogP contribution in [0.15, 0.2) is 48.6 Å². The molecule has 0 aromatic carbocycles. The molecule has 0 saturated carbocycles. The van der Waals surface area contributed by atoms with Gasteiger partial charge in [-0.2, -0.15) is 0 Å². The highest BCUT2D eigenvalue weighted by Gasteiger charge is 2.28. The molecule has 0 radical (unpaired) electrons. The summed E-state index contributed by atoms with van der Waals surface area (Å²) < 4.78 is 0. The summed E-state index contributed by atoms with van der Waals surface area (Å²) in [6.45, 7) is 4.06. The minimum atomic E-state index is -1.30. The number of aliphatic hydroxyl groups excluding tert-OH is 4. The van der Waals surface area contributed by atoms with Crippen molar-refractivity contribution in [3.8, 4) is 0 Å². The molecular formula is C59H111NO5. The van der Waals surface area contributed by atoms with Crippen LogP contribution in [0.25, 0.3) is 0 Å². The van der Waals surface area contributed by atoms with Gasteiger partial charge in [0.05, 0.1) is 18.8 Å². The fourth-order valence-electron chi connectivity index (χ4n) is 8.73. The maximum atomic E-state index is 12.6. The Bertz CT molecular complexity index is 1070. The van der Waals surface area contributed by atoms with Crippen LogP contribution in [0.5, 0.6) is 0 Å². The molecule has 5 N–H and O–H groups in total. The lowest BCUT2D eigenvalue weighted by molar-refractivity contribution is -0.132. The smallest absolute Gasteiger partial charge is 0.249 e. The van der Waals surface area contributed by atoms with E-state index in [9.17, 15) is 25.2 Å². The average Bonchev–Trinajstić information content (AvgIpc) is 3.31. The number of nitrogens with one attached hydrogen (secondary N) is 1. The number of allylic oxidation sites excluding steroid dienone is 8. The topological polar surface area (TPSA) is 110 Å². The summed E-state index contributed by atoms with van der Waals surface area (Å²) in [7, 11) is 0. The van der Waals surface area contributed by atoms with E-state index in [-0.39, 0.29) is 0 Å². The monoisotopic (exact) mass is 914 g/mol. The molecule has 382 valence electrons. The Morgan fingerprint density at radius 2 is 0.646 bits per heavy atom. The van der Waals surface area contributed by atoms with Crippen molar-refractivity contribution in [1.29, 1.82) is 0 Å². The quantitative estimate of drug-likeness (QED) is 0.0308. The van der Waals surface area contributed by atoms with Crippen LogP contribution in [0, 0.1) is 0 Å². The van der Waals surface area contributed by atoms with Gasteiger partial charge in [-0.15, -0.1) is 0 Å². The van der Waals surface area contributed by atoms with Gasteiger partial charge in [-0.25, -0.2) is 0 Å². The van der Waals surface area contributed by atoms with Gasteiger partial charge in [0, 0.05) is 0 Å². The number of hydrogen-bond acceptors (Lipinski definition) is 5. The third-order valence-corrected chi connectivity index (χ3v) is 13.2. The van der Waals surface area contributed by atoms with Crippen LogP contribution in [0.2, 0.25) is 0 Å². The lowest BCUT2D eigenvalue weighted by atomic mass is 10.00. The molecule has 0 saturated heterocycles. The van der Waals surface area contributed by atoms with Gasteiger partial charge in [0.25, 0.3) is 0 Å². The summed E-state index contributed by atoms with van der Waals surface area (Å²) in [4.78, 5) is 12.6. The fourth-order valence-corrected chi connectivity index (χ4v) is 8.73. The van der Waals surface area contributed by atoms with Crippen LogP contribution in [-0.2, 0) is 4.79 Å². The van der Waals surface area contributed by atoms with Gasteiger partial charge in [0.1, 0.15) is 12.2 Å². The number of amides is 1. The molecule has 0 rings (SSSR count). The molecule has 0 spiro atoms. The van der Waals surface area contributed by atoms with E-state index in [0.29, 0.717) is 19.3 Å². The highest BCUT2D eigenvalue weighted by molar-refractivity contribution is 5.80. The number of unbranched alkanes of at least 4 members (excludes halogenated alkanes) is 35. The van der Waals surface area contributed by atoms with Crippen molar-refractivity contribution in [2.75, 3.05) is 6.61 Å². The van der Waals surface area contributed by atoms with Crippen molar-refractivity contribution in [2.24, 2.45) is 0 Å². The highest BCUT2D eigenvalue weighted by atomic mass is 16.3. The third kappa shape index (κ3) is 47.1. The van der Waals surface area contributed by atoms with Crippen LogP contribution < -0.4 is 5.32 Å². The van der Waals surface area contributed by atoms with Crippen LogP contribution in [-0.4, -0.2) is 57.3 Å². The standard InChI is InChI=1S/C59H111NO5/c1-3-5-7-9-11-13-15-17-19-21-23-25-27-28-29-30-31-33-35-37-39-41-43-45-47-49-51-53-57(63)59(65)60-55(54-61)58(64)56(62)52-50-48-46-44-42-40-38-36-34-32-26-24-22-20-18-16-14-12-10-8-6-4-2/h24,26,28-29,36,38,44,46,55-58,61-64H,3-23,25,27,30-35,37,39-43,45,47-54H2,1-2H3,(H,60,65)/b26-24+,29-28-,38-36+,46-44+. The Morgan fingerprint density at radius 3 is 0.969 bits per heavy atom. The number of hydrogen-bond donors (Lipinski definition) is 5. The van der Waals surface area contributed by atoms with Gasteiger partial charge in [0.15, 0.2) is 0 Å². The Labute approximate surface area is 404 Å². The van der Waals surface area contributed by atoms with E-state index >= 15 is 0 Å². The summed E-state index contributed by atoms with van der Waals surface area (Å²) in [5.74, 6) is -0.598. The molecule has 0 aromatic rings. The molecule has 6 nitrogen and oxygen atoms in total. The molecule has 65 heavy (non-hydrogen) atoms. The predicted molar refractivity (Wildman–Crippen MR) is 283 cm³/mol. The maximum absolute atomic E-state index is 12.6. The second-order valence-electron chi connectivity index (χ2n) is 19.6. The first-order valence-electron chi connectivity index (χ1n) is 28.5. The van der Waals surface area contributed by atoms with Crippen LogP contribution in [0.3, 0.4) is 0 Å². The lowest BCUT2D eigenvalue weighted by Gasteiger charge is -2.27. The molecule has 0 aromatic heterocycles. The van der Waals surface area contributed by atoms with Crippen molar-refractivity contribution in [1.82, 2.24) is 5.32 Å². The van der Waals surface area contributed by atoms with E-state index < -0.39 is 36.9 Å². The van der Waals surface area contributed by atoms with Gasteiger partial charge in [-0.3, -0.25) is 4.79 Å². The molecule has 6 heteroatoms. The first-order valence-corrected chi connectivity index (χ1v) is 28.5. The zero-order valence-corrected chi connectivity index (χ0v) is 43.2. The molecule has 0 fully saturated rings. The van der Waals surface area contributed by atoms with E-state index in [1.165, 1.54) is 205 Å². The number of rotatable bonds is 52. The van der Waals surface area contributed by atoms with Gasteiger partial charge in [-0.05, 0) is 89.9 Å². The van der Waals surface area contributed by atoms with E-state index in [1.807, 2.05) is 0 Å². The first kappa shape index (κ1) is 63.3. The van der Waals surface area contributed by atoms with Crippen molar-refractivity contribution < 1.29 is 25.2 Å². The summed E-state index contributed by atoms with van der Waals surface area (Å²) in [5, 5.41) is 43.9. The van der Waals surface area contributed by atoms with E-state index in [2.05, 4.69) is 67.8 Å². The van der Waals surface area contributed by atoms with Crippen molar-refractivity contribution in [3.63, 3.8) is 0 Å². The number of carbonyl (C=O) groups is 1. The SMILES string of the molecule is CCCCCCCCCCC/C=C/CC/C=C/CC/C=C/CCCC(O)C(O)C(CO)NC(=O)C(O)CCCCCCCCCCCCC/C=C\CCCCCCCCCCCCCC. The largest absolute Gasteiger partial charge is 0.394 e. The van der Waals surface area contributed by atoms with Crippen molar-refractivity contribution in [2.45, 2.75) is 314 Å². The first-order chi connectivity index (χ1) is 32.0. The minimum Gasteiger partial charge on any atom is -0.394 e. The number of aliphatic hydroxyl groups is 4.